The van der Waals surface area contributed by atoms with Crippen LogP contribution in [-0.4, -0.2) is 31.8 Å². The first-order chi connectivity index (χ1) is 8.25. The van der Waals surface area contributed by atoms with Crippen LogP contribution in [0.3, 0.4) is 0 Å². The normalized spacial score (nSPS) is 22.5. The van der Waals surface area contributed by atoms with Gasteiger partial charge in [0.05, 0.1) is 13.2 Å². The van der Waals surface area contributed by atoms with Crippen molar-refractivity contribution >= 4 is 5.69 Å². The Balaban J connectivity index is 1.66. The van der Waals surface area contributed by atoms with Gasteiger partial charge < -0.3 is 15.4 Å². The van der Waals surface area contributed by atoms with Gasteiger partial charge in [-0.1, -0.05) is 12.1 Å². The van der Waals surface area contributed by atoms with Crippen molar-refractivity contribution in [1.29, 1.82) is 0 Å². The van der Waals surface area contributed by atoms with E-state index in [1.807, 2.05) is 0 Å². The average molecular weight is 232 g/mol. The Labute approximate surface area is 103 Å². The molecule has 1 heterocycles. The lowest BCUT2D eigenvalue weighted by Crippen LogP contribution is -2.36. The molecule has 1 aliphatic carbocycles. The first kappa shape index (κ1) is 11.1. The summed E-state index contributed by atoms with van der Waals surface area (Å²) in [5.41, 5.74) is 8.91. The fourth-order valence-corrected chi connectivity index (χ4v) is 2.39. The number of ether oxygens (including phenoxy) is 1. The molecule has 1 aliphatic heterocycles. The number of nitrogens with zero attached hydrogens (tertiary/aromatic N) is 1. The highest BCUT2D eigenvalue weighted by Crippen LogP contribution is 2.35. The molecule has 0 spiro atoms. The maximum atomic E-state index is 6.13. The number of hydrogen-bond acceptors (Lipinski definition) is 3. The molecule has 0 unspecified atom stereocenters. The van der Waals surface area contributed by atoms with Crippen molar-refractivity contribution in [3.05, 3.63) is 29.8 Å². The third kappa shape index (κ3) is 2.61. The number of nitrogens with two attached hydrogens (primary N) is 1. The fraction of sp³-hybridized carbons (Fsp3) is 0.571. The molecule has 2 N–H and O–H groups in total. The summed E-state index contributed by atoms with van der Waals surface area (Å²) >= 11 is 0. The van der Waals surface area contributed by atoms with Crippen molar-refractivity contribution in [2.24, 2.45) is 5.73 Å². The zero-order chi connectivity index (χ0) is 11.7. The smallest absolute Gasteiger partial charge is 0.0642 e. The van der Waals surface area contributed by atoms with Crippen molar-refractivity contribution in [1.82, 2.24) is 0 Å². The Morgan fingerprint density at radius 2 is 1.76 bits per heavy atom. The van der Waals surface area contributed by atoms with Crippen LogP contribution in [0.2, 0.25) is 0 Å². The lowest BCUT2D eigenvalue weighted by Gasteiger charge is -2.29. The molecule has 3 nitrogen and oxygen atoms in total. The van der Waals surface area contributed by atoms with Gasteiger partial charge in [0.1, 0.15) is 0 Å². The second kappa shape index (κ2) is 4.31. The van der Waals surface area contributed by atoms with Gasteiger partial charge in [-0.3, -0.25) is 0 Å². The molecular formula is C14H20N2O. The quantitative estimate of drug-likeness (QED) is 0.859. The van der Waals surface area contributed by atoms with Gasteiger partial charge in [-0.25, -0.2) is 0 Å². The lowest BCUT2D eigenvalue weighted by molar-refractivity contribution is 0.122. The van der Waals surface area contributed by atoms with Gasteiger partial charge in [0, 0.05) is 24.3 Å². The Morgan fingerprint density at radius 3 is 2.35 bits per heavy atom. The number of rotatable bonds is 3. The van der Waals surface area contributed by atoms with Crippen LogP contribution in [0.25, 0.3) is 0 Å². The molecule has 92 valence electrons. The number of morpholine rings is 1. The summed E-state index contributed by atoms with van der Waals surface area (Å²) in [4.78, 5) is 2.38. The molecule has 0 atom stereocenters. The molecule has 1 aromatic carbocycles. The molecule has 0 bridgehead atoms. The van der Waals surface area contributed by atoms with Crippen LogP contribution in [0, 0.1) is 0 Å². The summed E-state index contributed by atoms with van der Waals surface area (Å²) in [5.74, 6) is 0. The van der Waals surface area contributed by atoms with E-state index in [1.54, 1.807) is 0 Å². The van der Waals surface area contributed by atoms with Crippen LogP contribution in [0.5, 0.6) is 0 Å². The number of anilines is 1. The third-order valence-electron chi connectivity index (χ3n) is 3.76. The molecule has 0 radical (unpaired) electrons. The van der Waals surface area contributed by atoms with E-state index in [1.165, 1.54) is 24.1 Å². The summed E-state index contributed by atoms with van der Waals surface area (Å²) < 4.78 is 5.36. The van der Waals surface area contributed by atoms with Crippen LogP contribution in [0.4, 0.5) is 5.69 Å². The summed E-state index contributed by atoms with van der Waals surface area (Å²) in [6, 6.07) is 8.87. The summed E-state index contributed by atoms with van der Waals surface area (Å²) in [6.45, 7) is 3.68. The number of hydrogen-bond donors (Lipinski definition) is 1. The Morgan fingerprint density at radius 1 is 1.12 bits per heavy atom. The highest BCUT2D eigenvalue weighted by molar-refractivity contribution is 5.48. The van der Waals surface area contributed by atoms with Crippen molar-refractivity contribution in [2.45, 2.75) is 24.8 Å². The molecule has 1 saturated carbocycles. The minimum atomic E-state index is 0.112. The summed E-state index contributed by atoms with van der Waals surface area (Å²) in [7, 11) is 0. The summed E-state index contributed by atoms with van der Waals surface area (Å²) in [5, 5.41) is 0. The van der Waals surface area contributed by atoms with E-state index >= 15 is 0 Å². The topological polar surface area (TPSA) is 38.5 Å². The maximum Gasteiger partial charge on any atom is 0.0642 e. The van der Waals surface area contributed by atoms with E-state index in [4.69, 9.17) is 10.5 Å². The first-order valence-corrected chi connectivity index (χ1v) is 6.46. The lowest BCUT2D eigenvalue weighted by atomic mass is 10.0. The Hall–Kier alpha value is -1.06. The molecule has 3 heteroatoms. The Kier molecular flexibility index (Phi) is 2.81. The van der Waals surface area contributed by atoms with E-state index in [2.05, 4.69) is 29.2 Å². The minimum Gasteiger partial charge on any atom is -0.378 e. The standard InChI is InChI=1S/C14H20N2O/c15-14(5-6-14)11-12-1-3-13(4-2-12)16-7-9-17-10-8-16/h1-4H,5-11,15H2. The SMILES string of the molecule is NC1(Cc2ccc(N3CCOCC3)cc2)CC1. The van der Waals surface area contributed by atoms with E-state index in [0.29, 0.717) is 0 Å². The van der Waals surface area contributed by atoms with Gasteiger partial charge in [0.25, 0.3) is 0 Å². The van der Waals surface area contributed by atoms with Crippen LogP contribution in [-0.2, 0) is 11.2 Å². The maximum absolute atomic E-state index is 6.13. The van der Waals surface area contributed by atoms with Gasteiger partial charge >= 0.3 is 0 Å². The van der Waals surface area contributed by atoms with Gasteiger partial charge in [0.2, 0.25) is 0 Å². The van der Waals surface area contributed by atoms with Crippen molar-refractivity contribution < 1.29 is 4.74 Å². The van der Waals surface area contributed by atoms with E-state index in [0.717, 1.165) is 32.7 Å². The highest BCUT2D eigenvalue weighted by Gasteiger charge is 2.37. The molecule has 0 amide bonds. The molecule has 0 aromatic heterocycles. The summed E-state index contributed by atoms with van der Waals surface area (Å²) in [6.07, 6.45) is 3.38. The van der Waals surface area contributed by atoms with Gasteiger partial charge in [0.15, 0.2) is 0 Å². The van der Waals surface area contributed by atoms with Crippen LogP contribution in [0.15, 0.2) is 24.3 Å². The van der Waals surface area contributed by atoms with E-state index < -0.39 is 0 Å². The fourth-order valence-electron chi connectivity index (χ4n) is 2.39. The average Bonchev–Trinajstić information content (AvgIpc) is 3.09. The van der Waals surface area contributed by atoms with Crippen LogP contribution >= 0.6 is 0 Å². The molecule has 3 rings (SSSR count). The monoisotopic (exact) mass is 232 g/mol. The predicted molar refractivity (Wildman–Crippen MR) is 69.3 cm³/mol. The molecule has 17 heavy (non-hydrogen) atoms. The van der Waals surface area contributed by atoms with E-state index in [-0.39, 0.29) is 5.54 Å². The third-order valence-corrected chi connectivity index (χ3v) is 3.76. The van der Waals surface area contributed by atoms with Gasteiger partial charge in [-0.05, 0) is 37.0 Å². The second-order valence-electron chi connectivity index (χ2n) is 5.31. The zero-order valence-corrected chi connectivity index (χ0v) is 10.2. The first-order valence-electron chi connectivity index (χ1n) is 6.46. The van der Waals surface area contributed by atoms with Crippen molar-refractivity contribution in [3.63, 3.8) is 0 Å². The molecule has 2 fully saturated rings. The molecule has 1 aromatic rings. The largest absolute Gasteiger partial charge is 0.378 e. The van der Waals surface area contributed by atoms with Crippen LogP contribution < -0.4 is 10.6 Å². The zero-order valence-electron chi connectivity index (χ0n) is 10.2. The highest BCUT2D eigenvalue weighted by atomic mass is 16.5. The van der Waals surface area contributed by atoms with Crippen molar-refractivity contribution in [3.8, 4) is 0 Å². The number of benzene rings is 1. The predicted octanol–water partition coefficient (Wildman–Crippen LogP) is 1.56. The van der Waals surface area contributed by atoms with Crippen LogP contribution in [0.1, 0.15) is 18.4 Å². The molecular weight excluding hydrogens is 212 g/mol. The Bertz CT molecular complexity index is 378. The second-order valence-corrected chi connectivity index (χ2v) is 5.31. The van der Waals surface area contributed by atoms with E-state index in [9.17, 15) is 0 Å². The molecule has 2 aliphatic rings. The minimum absolute atomic E-state index is 0.112. The molecule has 1 saturated heterocycles. The van der Waals surface area contributed by atoms with Gasteiger partial charge in [-0.2, -0.15) is 0 Å². The van der Waals surface area contributed by atoms with Crippen molar-refractivity contribution in [2.75, 3.05) is 31.2 Å². The van der Waals surface area contributed by atoms with Gasteiger partial charge in [-0.15, -0.1) is 0 Å².